The second kappa shape index (κ2) is 9.45. The number of carbonyl (C=O) groups excluding carboxylic acids is 1. The number of carbonyl (C=O) groups is 1. The first-order valence-electron chi connectivity index (χ1n) is 9.51. The van der Waals surface area contributed by atoms with Crippen molar-refractivity contribution in [3.63, 3.8) is 0 Å². The van der Waals surface area contributed by atoms with Crippen LogP contribution in [0.3, 0.4) is 0 Å². The number of aliphatic imine (C=N–C) groups is 1. The van der Waals surface area contributed by atoms with Crippen LogP contribution in [0.15, 0.2) is 35.6 Å². The summed E-state index contributed by atoms with van der Waals surface area (Å²) < 4.78 is 19.5. The summed E-state index contributed by atoms with van der Waals surface area (Å²) in [6.07, 6.45) is 5.52. The largest absolute Gasteiger partial charge is 0.385 e. The van der Waals surface area contributed by atoms with Crippen LogP contribution in [0.25, 0.3) is 0 Å². The summed E-state index contributed by atoms with van der Waals surface area (Å²) >= 11 is 1.47. The Kier molecular flexibility index (Phi) is 6.97. The predicted octanol–water partition coefficient (Wildman–Crippen LogP) is 3.29. The Balaban J connectivity index is 1.73. The van der Waals surface area contributed by atoms with Gasteiger partial charge in [0.25, 0.3) is 0 Å². The smallest absolute Gasteiger partial charge is 0.187 e. The van der Waals surface area contributed by atoms with E-state index in [0.717, 1.165) is 24.3 Å². The van der Waals surface area contributed by atoms with Crippen molar-refractivity contribution >= 4 is 22.7 Å². The van der Waals surface area contributed by atoms with E-state index in [2.05, 4.69) is 15.0 Å². The van der Waals surface area contributed by atoms with Gasteiger partial charge in [-0.2, -0.15) is 0 Å². The summed E-state index contributed by atoms with van der Waals surface area (Å²) in [6, 6.07) is 4.73. The number of Topliss-reactive ketones (excluding diaryl/α,β-unsaturated/α-hetero) is 1. The average Bonchev–Trinajstić information content (AvgIpc) is 2.70. The molecule has 0 spiro atoms. The molecule has 0 bridgehead atoms. The first-order chi connectivity index (χ1) is 13.9. The minimum Gasteiger partial charge on any atom is -0.385 e. The van der Waals surface area contributed by atoms with Crippen molar-refractivity contribution in [3.8, 4) is 0 Å². The lowest BCUT2D eigenvalue weighted by atomic mass is 9.87. The molecule has 2 aromatic rings. The van der Waals surface area contributed by atoms with Gasteiger partial charge in [-0.3, -0.25) is 14.8 Å². The normalized spacial score (nSPS) is 19.1. The minimum absolute atomic E-state index is 0.120. The van der Waals surface area contributed by atoms with E-state index in [1.807, 2.05) is 6.92 Å². The van der Waals surface area contributed by atoms with Gasteiger partial charge in [0.15, 0.2) is 11.0 Å². The van der Waals surface area contributed by atoms with Gasteiger partial charge in [0.2, 0.25) is 0 Å². The Hall–Kier alpha value is -2.32. The third kappa shape index (κ3) is 5.39. The fourth-order valence-corrected chi connectivity index (χ4v) is 4.25. The second-order valence-electron chi connectivity index (χ2n) is 7.23. The van der Waals surface area contributed by atoms with E-state index in [-0.39, 0.29) is 18.0 Å². The third-order valence-corrected chi connectivity index (χ3v) is 5.74. The van der Waals surface area contributed by atoms with Crippen LogP contribution in [-0.2, 0) is 23.1 Å². The van der Waals surface area contributed by atoms with E-state index in [0.29, 0.717) is 35.0 Å². The molecule has 1 aromatic carbocycles. The van der Waals surface area contributed by atoms with Crippen molar-refractivity contribution in [2.24, 2.45) is 10.7 Å². The molecule has 2 N–H and O–H groups in total. The molecule has 29 heavy (non-hydrogen) atoms. The standard InChI is InChI=1S/C21H25FN4O2S/c1-21(7-9-29-20(23)26-21)16-10-14(5-6-17(16)22)11-19(27)18-13-24-15(12-25-18)4-3-8-28-2/h5-6,10,12-13H,3-4,7-9,11H2,1-2H3,(H2,23,26)/t21-/m0/s1. The van der Waals surface area contributed by atoms with Crippen molar-refractivity contribution in [1.29, 1.82) is 0 Å². The van der Waals surface area contributed by atoms with Gasteiger partial charge in [0.1, 0.15) is 11.5 Å². The van der Waals surface area contributed by atoms with Crippen LogP contribution in [0.2, 0.25) is 0 Å². The van der Waals surface area contributed by atoms with Gasteiger partial charge in [-0.25, -0.2) is 9.37 Å². The van der Waals surface area contributed by atoms with Crippen molar-refractivity contribution in [2.45, 2.75) is 38.1 Å². The summed E-state index contributed by atoms with van der Waals surface area (Å²) in [5.41, 5.74) is 7.43. The molecule has 0 amide bonds. The summed E-state index contributed by atoms with van der Waals surface area (Å²) in [7, 11) is 1.66. The molecule has 0 fully saturated rings. The van der Waals surface area contributed by atoms with Crippen LogP contribution >= 0.6 is 11.8 Å². The Morgan fingerprint density at radius 1 is 1.34 bits per heavy atom. The minimum atomic E-state index is -0.720. The van der Waals surface area contributed by atoms with Crippen molar-refractivity contribution in [2.75, 3.05) is 19.5 Å². The number of aryl methyl sites for hydroxylation is 1. The lowest BCUT2D eigenvalue weighted by molar-refractivity contribution is 0.0987. The number of hydrogen-bond donors (Lipinski definition) is 1. The molecule has 1 aliphatic heterocycles. The van der Waals surface area contributed by atoms with Gasteiger partial charge >= 0.3 is 0 Å². The summed E-state index contributed by atoms with van der Waals surface area (Å²) in [6.45, 7) is 2.53. The molecule has 0 saturated carbocycles. The molecule has 0 saturated heterocycles. The lowest BCUT2D eigenvalue weighted by Gasteiger charge is -2.30. The highest BCUT2D eigenvalue weighted by molar-refractivity contribution is 8.13. The van der Waals surface area contributed by atoms with Crippen molar-refractivity contribution in [3.05, 3.63) is 58.9 Å². The predicted molar refractivity (Wildman–Crippen MR) is 113 cm³/mol. The van der Waals surface area contributed by atoms with Gasteiger partial charge in [-0.15, -0.1) is 0 Å². The molecule has 0 radical (unpaired) electrons. The lowest BCUT2D eigenvalue weighted by Crippen LogP contribution is -2.29. The van der Waals surface area contributed by atoms with Gasteiger partial charge in [-0.1, -0.05) is 17.8 Å². The van der Waals surface area contributed by atoms with Crippen molar-refractivity contribution < 1.29 is 13.9 Å². The van der Waals surface area contributed by atoms with Crippen LogP contribution in [0, 0.1) is 5.82 Å². The second-order valence-corrected chi connectivity index (χ2v) is 8.34. The first kappa shape index (κ1) is 21.4. The van der Waals surface area contributed by atoms with E-state index in [1.54, 1.807) is 25.4 Å². The molecule has 6 nitrogen and oxygen atoms in total. The first-order valence-corrected chi connectivity index (χ1v) is 10.5. The van der Waals surface area contributed by atoms with Gasteiger partial charge < -0.3 is 10.5 Å². The van der Waals surface area contributed by atoms with E-state index < -0.39 is 5.54 Å². The molecule has 1 atom stereocenters. The molecule has 0 aliphatic carbocycles. The maximum atomic E-state index is 14.5. The van der Waals surface area contributed by atoms with Gasteiger partial charge in [-0.05, 0) is 43.9 Å². The molecule has 2 heterocycles. The quantitative estimate of drug-likeness (QED) is 0.525. The number of amidine groups is 1. The monoisotopic (exact) mass is 416 g/mol. The van der Waals surface area contributed by atoms with Crippen LogP contribution in [-0.4, -0.2) is 40.4 Å². The Labute approximate surface area is 174 Å². The number of nitrogens with zero attached hydrogens (tertiary/aromatic N) is 3. The number of ketones is 1. The number of aromatic nitrogens is 2. The zero-order chi connectivity index (χ0) is 20.9. The van der Waals surface area contributed by atoms with E-state index in [4.69, 9.17) is 10.5 Å². The Bertz CT molecular complexity index is 904. The van der Waals surface area contributed by atoms with Gasteiger partial charge in [0.05, 0.1) is 17.4 Å². The van der Waals surface area contributed by atoms with Crippen molar-refractivity contribution in [1.82, 2.24) is 9.97 Å². The van der Waals surface area contributed by atoms with E-state index in [1.165, 1.54) is 24.0 Å². The molecule has 0 unspecified atom stereocenters. The SMILES string of the molecule is COCCCc1cnc(C(=O)Cc2ccc(F)c([C@]3(C)CCSC(N)=N3)c2)cn1. The molecular formula is C21H25FN4O2S. The highest BCUT2D eigenvalue weighted by Crippen LogP contribution is 2.36. The number of nitrogens with two attached hydrogens (primary N) is 1. The van der Waals surface area contributed by atoms with Crippen LogP contribution in [0.4, 0.5) is 4.39 Å². The third-order valence-electron chi connectivity index (χ3n) is 4.94. The fraction of sp³-hybridized carbons (Fsp3) is 0.429. The number of benzene rings is 1. The average molecular weight is 417 g/mol. The number of rotatable bonds is 8. The molecule has 8 heteroatoms. The zero-order valence-corrected chi connectivity index (χ0v) is 17.5. The van der Waals surface area contributed by atoms with E-state index in [9.17, 15) is 9.18 Å². The van der Waals surface area contributed by atoms with Crippen LogP contribution in [0.5, 0.6) is 0 Å². The molecule has 1 aromatic heterocycles. The highest BCUT2D eigenvalue weighted by atomic mass is 32.2. The van der Waals surface area contributed by atoms with E-state index >= 15 is 0 Å². The molecule has 3 rings (SSSR count). The molecule has 154 valence electrons. The molecular weight excluding hydrogens is 391 g/mol. The summed E-state index contributed by atoms with van der Waals surface area (Å²) in [5, 5.41) is 0.459. The summed E-state index contributed by atoms with van der Waals surface area (Å²) in [5.74, 6) is 0.277. The number of thioether (sulfide) groups is 1. The topological polar surface area (TPSA) is 90.5 Å². The van der Waals surface area contributed by atoms with Gasteiger partial charge in [0, 0.05) is 37.7 Å². The number of halogens is 1. The Morgan fingerprint density at radius 2 is 2.17 bits per heavy atom. The highest BCUT2D eigenvalue weighted by Gasteiger charge is 2.32. The maximum absolute atomic E-state index is 14.5. The zero-order valence-electron chi connectivity index (χ0n) is 16.7. The van der Waals surface area contributed by atoms with Crippen LogP contribution < -0.4 is 5.73 Å². The number of methoxy groups -OCH3 is 1. The number of hydrogen-bond acceptors (Lipinski definition) is 7. The summed E-state index contributed by atoms with van der Waals surface area (Å²) in [4.78, 5) is 25.6. The fourth-order valence-electron chi connectivity index (χ4n) is 3.28. The van der Waals surface area contributed by atoms with Crippen LogP contribution in [0.1, 0.15) is 47.1 Å². The maximum Gasteiger partial charge on any atom is 0.187 e. The Morgan fingerprint density at radius 3 is 2.86 bits per heavy atom. The molecule has 1 aliphatic rings. The number of ether oxygens (including phenoxy) is 1.